The summed E-state index contributed by atoms with van der Waals surface area (Å²) in [4.78, 5) is 38.3. The van der Waals surface area contributed by atoms with Gasteiger partial charge in [-0.3, -0.25) is 18.7 Å². The second-order valence-corrected chi connectivity index (χ2v) is 6.97. The highest BCUT2D eigenvalue weighted by atomic mass is 32.1. The molecule has 0 unspecified atom stereocenters. The predicted octanol–water partition coefficient (Wildman–Crippen LogP) is 1.92. The smallest absolute Gasteiger partial charge is 0.332 e. The Kier molecular flexibility index (Phi) is 4.88. The third-order valence-corrected chi connectivity index (χ3v) is 5.61. The molecule has 0 amide bonds. The summed E-state index contributed by atoms with van der Waals surface area (Å²) in [6, 6.07) is 5.70. The monoisotopic (exact) mass is 376 g/mol. The predicted molar refractivity (Wildman–Crippen MR) is 97.7 cm³/mol. The van der Waals surface area contributed by atoms with Crippen molar-refractivity contribution in [2.24, 2.45) is 0 Å². The molecule has 1 N–H and O–H groups in total. The zero-order valence-electron chi connectivity index (χ0n) is 14.3. The molecular weight excluding hydrogens is 359 g/mol. The van der Waals surface area contributed by atoms with Crippen LogP contribution >= 0.6 is 11.3 Å². The van der Waals surface area contributed by atoms with Crippen molar-refractivity contribution in [3.8, 4) is 0 Å². The number of nitrogens with zero attached hydrogens (tertiary/aromatic N) is 2. The number of halogens is 1. The van der Waals surface area contributed by atoms with Crippen LogP contribution in [0.15, 0.2) is 33.9 Å². The van der Waals surface area contributed by atoms with Gasteiger partial charge in [-0.25, -0.2) is 9.18 Å². The number of aliphatic hydroxyl groups excluding tert-OH is 1. The van der Waals surface area contributed by atoms with Crippen molar-refractivity contribution in [3.63, 3.8) is 0 Å². The highest BCUT2D eigenvalue weighted by Gasteiger charge is 2.21. The molecule has 0 fully saturated rings. The lowest BCUT2D eigenvalue weighted by molar-refractivity contribution is 0.102. The summed E-state index contributed by atoms with van der Waals surface area (Å²) in [6.07, 6.45) is 0. The van der Waals surface area contributed by atoms with E-state index in [0.717, 1.165) is 15.9 Å². The van der Waals surface area contributed by atoms with Gasteiger partial charge in [-0.2, -0.15) is 0 Å². The van der Waals surface area contributed by atoms with Gasteiger partial charge in [0.25, 0.3) is 5.56 Å². The first kappa shape index (κ1) is 18.2. The fourth-order valence-corrected chi connectivity index (χ4v) is 4.13. The van der Waals surface area contributed by atoms with Crippen LogP contribution in [0.25, 0.3) is 10.2 Å². The Hall–Kier alpha value is -2.58. The third kappa shape index (κ3) is 3.02. The summed E-state index contributed by atoms with van der Waals surface area (Å²) in [5.41, 5.74) is 0.120. The van der Waals surface area contributed by atoms with Gasteiger partial charge in [0, 0.05) is 0 Å². The first-order valence-corrected chi connectivity index (χ1v) is 8.79. The van der Waals surface area contributed by atoms with Crippen LogP contribution in [0.4, 0.5) is 4.39 Å². The molecule has 0 aliphatic heterocycles. The number of carbonyl (C=O) groups is 1. The van der Waals surface area contributed by atoms with Gasteiger partial charge in [0.2, 0.25) is 0 Å². The number of rotatable bonds is 5. The lowest BCUT2D eigenvalue weighted by Gasteiger charge is -2.11. The van der Waals surface area contributed by atoms with E-state index in [1.54, 1.807) is 19.1 Å². The Labute approximate surface area is 151 Å². The Morgan fingerprint density at radius 2 is 1.85 bits per heavy atom. The number of hydrogen-bond acceptors (Lipinski definition) is 5. The molecule has 3 aromatic rings. The number of aromatic nitrogens is 2. The molecule has 0 aliphatic rings. The van der Waals surface area contributed by atoms with Gasteiger partial charge in [-0.05, 0) is 37.1 Å². The van der Waals surface area contributed by atoms with Crippen LogP contribution in [0.5, 0.6) is 0 Å². The van der Waals surface area contributed by atoms with E-state index in [1.807, 2.05) is 0 Å². The fraction of sp³-hybridized carbons (Fsp3) is 0.278. The van der Waals surface area contributed by atoms with Crippen LogP contribution in [0.3, 0.4) is 0 Å². The molecule has 0 saturated carbocycles. The fourth-order valence-electron chi connectivity index (χ4n) is 2.94. The zero-order chi connectivity index (χ0) is 19.0. The molecule has 6 nitrogen and oxygen atoms in total. The van der Waals surface area contributed by atoms with Gasteiger partial charge in [0.05, 0.1) is 30.0 Å². The molecule has 1 aromatic carbocycles. The van der Waals surface area contributed by atoms with Crippen LogP contribution in [-0.2, 0) is 13.1 Å². The average molecular weight is 376 g/mol. The van der Waals surface area contributed by atoms with Crippen LogP contribution in [0.2, 0.25) is 0 Å². The van der Waals surface area contributed by atoms with E-state index >= 15 is 0 Å². The van der Waals surface area contributed by atoms with E-state index in [2.05, 4.69) is 0 Å². The Balaban J connectivity index is 2.33. The molecule has 0 aliphatic carbocycles. The highest BCUT2D eigenvalue weighted by molar-refractivity contribution is 7.20. The van der Waals surface area contributed by atoms with Crippen molar-refractivity contribution >= 4 is 27.3 Å². The lowest BCUT2D eigenvalue weighted by atomic mass is 10.1. The number of hydrogen-bond donors (Lipinski definition) is 1. The molecule has 136 valence electrons. The zero-order valence-corrected chi connectivity index (χ0v) is 15.1. The summed E-state index contributed by atoms with van der Waals surface area (Å²) >= 11 is 1.10. The van der Waals surface area contributed by atoms with E-state index in [9.17, 15) is 23.9 Å². The molecule has 0 radical (unpaired) electrons. The van der Waals surface area contributed by atoms with Crippen molar-refractivity contribution in [2.75, 3.05) is 6.61 Å². The first-order valence-electron chi connectivity index (χ1n) is 7.98. The molecule has 0 saturated heterocycles. The molecular formula is C18H17FN2O4S. The molecule has 2 aromatic heterocycles. The summed E-state index contributed by atoms with van der Waals surface area (Å²) < 4.78 is 15.5. The second-order valence-electron chi connectivity index (χ2n) is 5.97. The number of ketones is 1. The Morgan fingerprint density at radius 1 is 1.19 bits per heavy atom. The number of thiophene rings is 1. The van der Waals surface area contributed by atoms with Crippen molar-refractivity contribution in [2.45, 2.75) is 26.9 Å². The number of Topliss-reactive ketones (excluding diaryl/α,β-unsaturated/α-hetero) is 1. The van der Waals surface area contributed by atoms with E-state index in [0.29, 0.717) is 26.2 Å². The molecule has 8 heteroatoms. The van der Waals surface area contributed by atoms with Crippen molar-refractivity contribution in [1.29, 1.82) is 0 Å². The normalized spacial score (nSPS) is 11.2. The quantitative estimate of drug-likeness (QED) is 0.690. The van der Waals surface area contributed by atoms with Crippen LogP contribution < -0.4 is 11.2 Å². The van der Waals surface area contributed by atoms with E-state index in [1.165, 1.54) is 23.6 Å². The summed E-state index contributed by atoms with van der Waals surface area (Å²) in [5.74, 6) is -0.570. The number of benzene rings is 1. The van der Waals surface area contributed by atoms with E-state index in [-0.39, 0.29) is 31.3 Å². The first-order chi connectivity index (χ1) is 12.3. The van der Waals surface area contributed by atoms with Crippen molar-refractivity contribution in [3.05, 3.63) is 66.9 Å². The third-order valence-electron chi connectivity index (χ3n) is 4.19. The van der Waals surface area contributed by atoms with Gasteiger partial charge in [-0.15, -0.1) is 11.3 Å². The second kappa shape index (κ2) is 6.97. The Morgan fingerprint density at radius 3 is 2.42 bits per heavy atom. The summed E-state index contributed by atoms with van der Waals surface area (Å²) in [5, 5.41) is 9.51. The molecule has 0 atom stereocenters. The minimum Gasteiger partial charge on any atom is -0.395 e. The topological polar surface area (TPSA) is 81.3 Å². The van der Waals surface area contributed by atoms with Gasteiger partial charge >= 0.3 is 5.69 Å². The lowest BCUT2D eigenvalue weighted by Crippen LogP contribution is -2.40. The van der Waals surface area contributed by atoms with E-state index < -0.39 is 11.2 Å². The van der Waals surface area contributed by atoms with Gasteiger partial charge in [0.1, 0.15) is 10.6 Å². The maximum absolute atomic E-state index is 13.1. The number of aliphatic hydroxyl groups is 1. The largest absolute Gasteiger partial charge is 0.395 e. The molecule has 0 spiro atoms. The van der Waals surface area contributed by atoms with Crippen molar-refractivity contribution < 1.29 is 14.3 Å². The summed E-state index contributed by atoms with van der Waals surface area (Å²) in [7, 11) is 0. The number of carbonyl (C=O) groups excluding carboxylic acids is 1. The number of aryl methyl sites for hydroxylation is 1. The SMILES string of the molecule is CC(=O)c1sc2c(c1C)c(=O)n(CCO)c(=O)n2Cc1ccc(F)cc1. The number of fused-ring (bicyclic) bond motifs is 1. The van der Waals surface area contributed by atoms with Crippen LogP contribution in [0.1, 0.15) is 27.7 Å². The Bertz CT molecular complexity index is 1110. The summed E-state index contributed by atoms with van der Waals surface area (Å²) in [6.45, 7) is 2.71. The van der Waals surface area contributed by atoms with Gasteiger partial charge < -0.3 is 5.11 Å². The van der Waals surface area contributed by atoms with Crippen LogP contribution in [0, 0.1) is 12.7 Å². The average Bonchev–Trinajstić information content (AvgIpc) is 2.95. The standard InChI is InChI=1S/C18H17FN2O4S/c1-10-14-16(24)20(7-8-22)18(25)21(17(14)26-15(10)11(2)23)9-12-3-5-13(19)6-4-12/h3-6,22H,7-9H2,1-2H3. The maximum atomic E-state index is 13.1. The minimum atomic E-state index is -0.572. The van der Waals surface area contributed by atoms with Gasteiger partial charge in [0.15, 0.2) is 5.78 Å². The van der Waals surface area contributed by atoms with Crippen molar-refractivity contribution in [1.82, 2.24) is 9.13 Å². The van der Waals surface area contributed by atoms with E-state index in [4.69, 9.17) is 0 Å². The maximum Gasteiger partial charge on any atom is 0.332 e. The molecule has 0 bridgehead atoms. The van der Waals surface area contributed by atoms with Crippen LogP contribution in [-0.4, -0.2) is 26.6 Å². The molecule has 3 rings (SSSR count). The molecule has 2 heterocycles. The highest BCUT2D eigenvalue weighted by Crippen LogP contribution is 2.28. The minimum absolute atomic E-state index is 0.124. The molecule has 26 heavy (non-hydrogen) atoms. The van der Waals surface area contributed by atoms with Gasteiger partial charge in [-0.1, -0.05) is 12.1 Å².